The zero-order chi connectivity index (χ0) is 12.3. The molecule has 0 fully saturated rings. The van der Waals surface area contributed by atoms with Gasteiger partial charge < -0.3 is 15.5 Å². The summed E-state index contributed by atoms with van der Waals surface area (Å²) in [4.78, 5) is 15.2. The molecule has 0 aliphatic rings. The zero-order valence-corrected chi connectivity index (χ0v) is 9.61. The van der Waals surface area contributed by atoms with E-state index < -0.39 is 12.1 Å². The molecule has 5 heteroatoms. The number of carboxylic acid groups (broad SMARTS) is 1. The molecule has 1 heterocycles. The number of aliphatic hydroxyl groups excluding tert-OH is 1. The monoisotopic (exact) mass is 224 g/mol. The van der Waals surface area contributed by atoms with Gasteiger partial charge >= 0.3 is 5.97 Å². The molecule has 1 aromatic rings. The van der Waals surface area contributed by atoms with Crippen molar-refractivity contribution in [3.05, 3.63) is 22.9 Å². The molecule has 0 aliphatic heterocycles. The van der Waals surface area contributed by atoms with Crippen molar-refractivity contribution in [1.82, 2.24) is 4.98 Å². The van der Waals surface area contributed by atoms with E-state index in [1.54, 1.807) is 26.8 Å². The summed E-state index contributed by atoms with van der Waals surface area (Å²) in [6.45, 7) is 5.42. The second kappa shape index (κ2) is 4.94. The van der Waals surface area contributed by atoms with Gasteiger partial charge in [-0.3, -0.25) is 0 Å². The summed E-state index contributed by atoms with van der Waals surface area (Å²) in [7, 11) is 0. The van der Waals surface area contributed by atoms with Crippen molar-refractivity contribution in [2.75, 3.05) is 11.9 Å². The van der Waals surface area contributed by atoms with Crippen molar-refractivity contribution in [2.45, 2.75) is 26.9 Å². The lowest BCUT2D eigenvalue weighted by Crippen LogP contribution is -2.19. The first-order chi connectivity index (χ1) is 7.41. The van der Waals surface area contributed by atoms with Gasteiger partial charge in [-0.25, -0.2) is 9.78 Å². The lowest BCUT2D eigenvalue weighted by molar-refractivity contribution is 0.0696. The van der Waals surface area contributed by atoms with E-state index in [0.29, 0.717) is 11.4 Å². The number of hydrogen-bond acceptors (Lipinski definition) is 4. The predicted octanol–water partition coefficient (Wildman–Crippen LogP) is 1.19. The summed E-state index contributed by atoms with van der Waals surface area (Å²) in [5, 5.41) is 21.0. The maximum atomic E-state index is 11.1. The molecule has 0 aromatic carbocycles. The van der Waals surface area contributed by atoms with Gasteiger partial charge in [0, 0.05) is 12.2 Å². The van der Waals surface area contributed by atoms with Crippen LogP contribution in [0.4, 0.5) is 5.82 Å². The van der Waals surface area contributed by atoms with Crippen LogP contribution in [0.5, 0.6) is 0 Å². The van der Waals surface area contributed by atoms with Gasteiger partial charge in [-0.15, -0.1) is 0 Å². The first-order valence-electron chi connectivity index (χ1n) is 5.05. The fourth-order valence-corrected chi connectivity index (χ4v) is 1.48. The molecule has 1 atom stereocenters. The number of rotatable bonds is 4. The van der Waals surface area contributed by atoms with Crippen LogP contribution in [0.25, 0.3) is 0 Å². The number of carbonyl (C=O) groups is 1. The minimum atomic E-state index is -1.02. The van der Waals surface area contributed by atoms with Crippen molar-refractivity contribution in [3.63, 3.8) is 0 Å². The third kappa shape index (κ3) is 2.93. The highest BCUT2D eigenvalue weighted by Crippen LogP contribution is 2.18. The highest BCUT2D eigenvalue weighted by Gasteiger charge is 2.15. The van der Waals surface area contributed by atoms with Crippen molar-refractivity contribution >= 4 is 11.8 Å². The smallest absolute Gasteiger partial charge is 0.339 e. The Labute approximate surface area is 94.1 Å². The largest absolute Gasteiger partial charge is 0.478 e. The third-order valence-corrected chi connectivity index (χ3v) is 2.12. The molecular weight excluding hydrogens is 208 g/mol. The van der Waals surface area contributed by atoms with E-state index in [9.17, 15) is 4.79 Å². The average Bonchev–Trinajstić information content (AvgIpc) is 2.12. The topological polar surface area (TPSA) is 82.5 Å². The standard InChI is InChI=1S/C11H16N2O3/c1-6-4-7(2)13-10(9(6)11(15)16)12-5-8(3)14/h4,8,14H,5H2,1-3H3,(H,12,13)(H,15,16). The Balaban J connectivity index is 3.09. The Morgan fingerprint density at radius 1 is 1.56 bits per heavy atom. The van der Waals surface area contributed by atoms with E-state index in [1.165, 1.54) is 0 Å². The molecule has 0 aliphatic carbocycles. The van der Waals surface area contributed by atoms with E-state index in [2.05, 4.69) is 10.3 Å². The quantitative estimate of drug-likeness (QED) is 0.715. The summed E-state index contributed by atoms with van der Waals surface area (Å²) >= 11 is 0. The summed E-state index contributed by atoms with van der Waals surface area (Å²) < 4.78 is 0. The molecule has 1 rings (SSSR count). The van der Waals surface area contributed by atoms with E-state index >= 15 is 0 Å². The van der Waals surface area contributed by atoms with Gasteiger partial charge in [-0.1, -0.05) is 0 Å². The Kier molecular flexibility index (Phi) is 3.84. The van der Waals surface area contributed by atoms with Gasteiger partial charge in [-0.2, -0.15) is 0 Å². The zero-order valence-electron chi connectivity index (χ0n) is 9.61. The predicted molar refractivity (Wildman–Crippen MR) is 60.8 cm³/mol. The van der Waals surface area contributed by atoms with Crippen LogP contribution in [0.2, 0.25) is 0 Å². The first-order valence-corrected chi connectivity index (χ1v) is 5.05. The number of hydrogen-bond donors (Lipinski definition) is 3. The fraction of sp³-hybridized carbons (Fsp3) is 0.455. The van der Waals surface area contributed by atoms with Crippen molar-refractivity contribution < 1.29 is 15.0 Å². The number of nitrogens with zero attached hydrogens (tertiary/aromatic N) is 1. The SMILES string of the molecule is Cc1cc(C)c(C(=O)O)c(NCC(C)O)n1. The van der Waals surface area contributed by atoms with Crippen LogP contribution in [0.1, 0.15) is 28.5 Å². The molecule has 0 saturated carbocycles. The molecule has 0 spiro atoms. The number of pyridine rings is 1. The van der Waals surface area contributed by atoms with Gasteiger partial charge in [0.15, 0.2) is 0 Å². The normalized spacial score (nSPS) is 12.2. The van der Waals surface area contributed by atoms with Crippen LogP contribution in [0.15, 0.2) is 6.07 Å². The number of nitrogens with one attached hydrogen (secondary N) is 1. The van der Waals surface area contributed by atoms with Gasteiger partial charge in [0.2, 0.25) is 0 Å². The highest BCUT2D eigenvalue weighted by molar-refractivity contribution is 5.94. The number of anilines is 1. The van der Waals surface area contributed by atoms with E-state index in [4.69, 9.17) is 10.2 Å². The first kappa shape index (κ1) is 12.4. The van der Waals surface area contributed by atoms with Crippen molar-refractivity contribution in [2.24, 2.45) is 0 Å². The minimum Gasteiger partial charge on any atom is -0.478 e. The molecule has 1 unspecified atom stereocenters. The van der Waals surface area contributed by atoms with Crippen LogP contribution in [-0.2, 0) is 0 Å². The molecule has 0 amide bonds. The molecule has 88 valence electrons. The number of carboxylic acids is 1. The number of aryl methyl sites for hydroxylation is 2. The Morgan fingerprint density at radius 3 is 2.69 bits per heavy atom. The minimum absolute atomic E-state index is 0.159. The van der Waals surface area contributed by atoms with Gasteiger partial charge in [0.05, 0.1) is 6.10 Å². The fourth-order valence-electron chi connectivity index (χ4n) is 1.48. The summed E-state index contributed by atoms with van der Waals surface area (Å²) in [5.41, 5.74) is 1.56. The molecular formula is C11H16N2O3. The van der Waals surface area contributed by atoms with Crippen LogP contribution in [-0.4, -0.2) is 33.8 Å². The Bertz CT molecular complexity index is 402. The molecule has 1 aromatic heterocycles. The molecule has 0 saturated heterocycles. The number of aromatic nitrogens is 1. The summed E-state index contributed by atoms with van der Waals surface area (Å²) in [6.07, 6.45) is -0.552. The lowest BCUT2D eigenvalue weighted by Gasteiger charge is -2.12. The maximum Gasteiger partial charge on any atom is 0.339 e. The molecule has 3 N–H and O–H groups in total. The molecule has 16 heavy (non-hydrogen) atoms. The summed E-state index contributed by atoms with van der Waals surface area (Å²) in [6, 6.07) is 1.72. The second-order valence-corrected chi connectivity index (χ2v) is 3.84. The van der Waals surface area contributed by atoms with Crippen molar-refractivity contribution in [3.8, 4) is 0 Å². The van der Waals surface area contributed by atoms with E-state index in [1.807, 2.05) is 0 Å². The highest BCUT2D eigenvalue weighted by atomic mass is 16.4. The summed E-state index contributed by atoms with van der Waals surface area (Å²) in [5.74, 6) is -0.705. The van der Waals surface area contributed by atoms with Crippen LogP contribution < -0.4 is 5.32 Å². The van der Waals surface area contributed by atoms with E-state index in [0.717, 1.165) is 5.69 Å². The number of aromatic carboxylic acids is 1. The second-order valence-electron chi connectivity index (χ2n) is 3.84. The van der Waals surface area contributed by atoms with Gasteiger partial charge in [0.25, 0.3) is 0 Å². The lowest BCUT2D eigenvalue weighted by atomic mass is 10.1. The third-order valence-electron chi connectivity index (χ3n) is 2.12. The Hall–Kier alpha value is -1.62. The van der Waals surface area contributed by atoms with Crippen molar-refractivity contribution in [1.29, 1.82) is 0 Å². The molecule has 5 nitrogen and oxygen atoms in total. The van der Waals surface area contributed by atoms with Gasteiger partial charge in [-0.05, 0) is 32.4 Å². The van der Waals surface area contributed by atoms with Gasteiger partial charge in [0.1, 0.15) is 11.4 Å². The average molecular weight is 224 g/mol. The Morgan fingerprint density at radius 2 is 2.19 bits per heavy atom. The van der Waals surface area contributed by atoms with Crippen LogP contribution in [0.3, 0.4) is 0 Å². The number of aliphatic hydroxyl groups is 1. The molecule has 0 radical (unpaired) electrons. The van der Waals surface area contributed by atoms with E-state index in [-0.39, 0.29) is 12.1 Å². The van der Waals surface area contributed by atoms with Crippen LogP contribution in [0, 0.1) is 13.8 Å². The maximum absolute atomic E-state index is 11.1. The molecule has 0 bridgehead atoms. The van der Waals surface area contributed by atoms with Crippen LogP contribution >= 0.6 is 0 Å².